The van der Waals surface area contributed by atoms with Gasteiger partial charge in [0, 0.05) is 0 Å². The number of amides is 1. The summed E-state index contributed by atoms with van der Waals surface area (Å²) in [6.07, 6.45) is 1.12. The van der Waals surface area contributed by atoms with Crippen molar-refractivity contribution >= 4 is 6.09 Å². The SMILES string of the molecule is COc1ccc(C[C@H]2C[C@@H](C)ON2C(=O)OC(C)(C)C)cc1. The highest BCUT2D eigenvalue weighted by molar-refractivity contribution is 5.67. The van der Waals surface area contributed by atoms with E-state index in [-0.39, 0.29) is 12.1 Å². The second-order valence-electron chi connectivity index (χ2n) is 6.66. The molecule has 0 N–H and O–H groups in total. The van der Waals surface area contributed by atoms with Crippen molar-refractivity contribution in [2.24, 2.45) is 0 Å². The van der Waals surface area contributed by atoms with Crippen LogP contribution in [0.25, 0.3) is 0 Å². The average molecular weight is 307 g/mol. The van der Waals surface area contributed by atoms with Gasteiger partial charge >= 0.3 is 6.09 Å². The Kier molecular flexibility index (Phi) is 4.96. The van der Waals surface area contributed by atoms with Gasteiger partial charge in [0.15, 0.2) is 0 Å². The third-order valence-corrected chi connectivity index (χ3v) is 3.43. The number of nitrogens with zero attached hydrogens (tertiary/aromatic N) is 1. The molecule has 5 nitrogen and oxygen atoms in total. The molecular formula is C17H25NO4. The first kappa shape index (κ1) is 16.6. The lowest BCUT2D eigenvalue weighted by atomic mass is 10.0. The minimum atomic E-state index is -0.531. The van der Waals surface area contributed by atoms with Crippen molar-refractivity contribution in [2.75, 3.05) is 7.11 Å². The first-order valence-electron chi connectivity index (χ1n) is 7.60. The van der Waals surface area contributed by atoms with E-state index in [1.165, 1.54) is 5.06 Å². The Balaban J connectivity index is 2.05. The Morgan fingerprint density at radius 2 is 1.95 bits per heavy atom. The van der Waals surface area contributed by atoms with Gasteiger partial charge in [-0.15, -0.1) is 0 Å². The molecule has 1 fully saturated rings. The van der Waals surface area contributed by atoms with Crippen LogP contribution < -0.4 is 4.74 Å². The van der Waals surface area contributed by atoms with E-state index in [0.717, 1.165) is 24.2 Å². The fraction of sp³-hybridized carbons (Fsp3) is 0.588. The van der Waals surface area contributed by atoms with Gasteiger partial charge in [-0.2, -0.15) is 5.06 Å². The van der Waals surface area contributed by atoms with Gasteiger partial charge in [-0.05, 0) is 58.2 Å². The van der Waals surface area contributed by atoms with Crippen molar-refractivity contribution in [1.82, 2.24) is 5.06 Å². The zero-order chi connectivity index (χ0) is 16.3. The summed E-state index contributed by atoms with van der Waals surface area (Å²) < 4.78 is 10.6. The molecule has 0 unspecified atom stereocenters. The van der Waals surface area contributed by atoms with Gasteiger partial charge in [-0.1, -0.05) is 12.1 Å². The summed E-state index contributed by atoms with van der Waals surface area (Å²) >= 11 is 0. The van der Waals surface area contributed by atoms with Gasteiger partial charge in [0.05, 0.1) is 19.3 Å². The molecule has 5 heteroatoms. The number of hydroxylamine groups is 2. The van der Waals surface area contributed by atoms with E-state index < -0.39 is 11.7 Å². The maximum Gasteiger partial charge on any atom is 0.434 e. The number of hydrogen-bond donors (Lipinski definition) is 0. The van der Waals surface area contributed by atoms with E-state index in [1.807, 2.05) is 52.0 Å². The lowest BCUT2D eigenvalue weighted by Crippen LogP contribution is -2.40. The van der Waals surface area contributed by atoms with E-state index in [4.69, 9.17) is 14.3 Å². The molecule has 1 aromatic carbocycles. The fourth-order valence-corrected chi connectivity index (χ4v) is 2.50. The summed E-state index contributed by atoms with van der Waals surface area (Å²) in [4.78, 5) is 17.9. The Labute approximate surface area is 132 Å². The summed E-state index contributed by atoms with van der Waals surface area (Å²) in [6.45, 7) is 7.51. The quantitative estimate of drug-likeness (QED) is 0.856. The highest BCUT2D eigenvalue weighted by atomic mass is 16.7. The predicted molar refractivity (Wildman–Crippen MR) is 83.7 cm³/mol. The summed E-state index contributed by atoms with van der Waals surface area (Å²) in [7, 11) is 1.64. The Morgan fingerprint density at radius 1 is 1.32 bits per heavy atom. The number of carbonyl (C=O) groups excluding carboxylic acids is 1. The molecule has 1 aliphatic rings. The zero-order valence-corrected chi connectivity index (χ0v) is 14.0. The monoisotopic (exact) mass is 307 g/mol. The number of carbonyl (C=O) groups is 1. The molecule has 0 radical (unpaired) electrons. The normalized spacial score (nSPS) is 21.8. The smallest absolute Gasteiger partial charge is 0.434 e. The molecule has 0 aromatic heterocycles. The van der Waals surface area contributed by atoms with Crippen LogP contribution >= 0.6 is 0 Å². The molecule has 0 saturated carbocycles. The number of hydrogen-bond acceptors (Lipinski definition) is 4. The number of methoxy groups -OCH3 is 1. The van der Waals surface area contributed by atoms with Crippen LogP contribution in [0.4, 0.5) is 4.79 Å². The molecule has 2 rings (SSSR count). The second kappa shape index (κ2) is 6.57. The van der Waals surface area contributed by atoms with E-state index in [0.29, 0.717) is 0 Å². The largest absolute Gasteiger partial charge is 0.497 e. The lowest BCUT2D eigenvalue weighted by Gasteiger charge is -2.27. The topological polar surface area (TPSA) is 48.0 Å². The van der Waals surface area contributed by atoms with Crippen LogP contribution in [0.1, 0.15) is 39.7 Å². The summed E-state index contributed by atoms with van der Waals surface area (Å²) in [5, 5.41) is 1.39. The number of benzene rings is 1. The van der Waals surface area contributed by atoms with Gasteiger partial charge in [-0.3, -0.25) is 4.84 Å². The Morgan fingerprint density at radius 3 is 2.50 bits per heavy atom. The molecule has 1 saturated heterocycles. The van der Waals surface area contributed by atoms with Crippen LogP contribution in [-0.4, -0.2) is 36.0 Å². The van der Waals surface area contributed by atoms with Crippen LogP contribution in [0.3, 0.4) is 0 Å². The fourth-order valence-electron chi connectivity index (χ4n) is 2.50. The average Bonchev–Trinajstić information content (AvgIpc) is 2.79. The molecule has 0 bridgehead atoms. The highest BCUT2D eigenvalue weighted by Gasteiger charge is 2.37. The minimum Gasteiger partial charge on any atom is -0.497 e. The van der Waals surface area contributed by atoms with Gasteiger partial charge in [0.2, 0.25) is 0 Å². The third-order valence-electron chi connectivity index (χ3n) is 3.43. The highest BCUT2D eigenvalue weighted by Crippen LogP contribution is 2.26. The van der Waals surface area contributed by atoms with E-state index in [9.17, 15) is 4.79 Å². The van der Waals surface area contributed by atoms with Crippen molar-refractivity contribution in [2.45, 2.75) is 58.3 Å². The molecule has 122 valence electrons. The lowest BCUT2D eigenvalue weighted by molar-refractivity contribution is -0.145. The van der Waals surface area contributed by atoms with E-state index in [2.05, 4.69) is 0 Å². The molecule has 0 spiro atoms. The van der Waals surface area contributed by atoms with Crippen molar-refractivity contribution < 1.29 is 19.1 Å². The zero-order valence-electron chi connectivity index (χ0n) is 14.0. The molecule has 0 aliphatic carbocycles. The van der Waals surface area contributed by atoms with Gasteiger partial charge in [-0.25, -0.2) is 4.79 Å². The van der Waals surface area contributed by atoms with Crippen molar-refractivity contribution in [1.29, 1.82) is 0 Å². The number of rotatable bonds is 3. The summed E-state index contributed by atoms with van der Waals surface area (Å²) in [6, 6.07) is 7.85. The van der Waals surface area contributed by atoms with Crippen molar-refractivity contribution in [3.05, 3.63) is 29.8 Å². The van der Waals surface area contributed by atoms with E-state index in [1.54, 1.807) is 7.11 Å². The maximum atomic E-state index is 12.3. The molecule has 1 heterocycles. The molecular weight excluding hydrogens is 282 g/mol. The Bertz CT molecular complexity index is 506. The van der Waals surface area contributed by atoms with Crippen molar-refractivity contribution in [3.8, 4) is 5.75 Å². The molecule has 1 aliphatic heterocycles. The second-order valence-corrected chi connectivity index (χ2v) is 6.66. The van der Waals surface area contributed by atoms with Crippen LogP contribution in [0, 0.1) is 0 Å². The maximum absolute atomic E-state index is 12.3. The Hall–Kier alpha value is -1.75. The molecule has 22 heavy (non-hydrogen) atoms. The van der Waals surface area contributed by atoms with Crippen LogP contribution in [0.15, 0.2) is 24.3 Å². The summed E-state index contributed by atoms with van der Waals surface area (Å²) in [5.41, 5.74) is 0.605. The van der Waals surface area contributed by atoms with Crippen LogP contribution in [-0.2, 0) is 16.0 Å². The minimum absolute atomic E-state index is 0.00997. The first-order valence-corrected chi connectivity index (χ1v) is 7.60. The molecule has 1 amide bonds. The predicted octanol–water partition coefficient (Wildman–Crippen LogP) is 3.57. The van der Waals surface area contributed by atoms with Gasteiger partial charge in [0.1, 0.15) is 11.4 Å². The van der Waals surface area contributed by atoms with Gasteiger partial charge < -0.3 is 9.47 Å². The van der Waals surface area contributed by atoms with Crippen LogP contribution in [0.2, 0.25) is 0 Å². The van der Waals surface area contributed by atoms with Crippen LogP contribution in [0.5, 0.6) is 5.75 Å². The summed E-state index contributed by atoms with van der Waals surface area (Å²) in [5.74, 6) is 0.823. The molecule has 2 atom stereocenters. The number of ether oxygens (including phenoxy) is 2. The first-order chi connectivity index (χ1) is 10.3. The van der Waals surface area contributed by atoms with E-state index >= 15 is 0 Å². The standard InChI is InChI=1S/C17H25NO4/c1-12-10-14(11-13-6-8-15(20-5)9-7-13)18(22-12)16(19)21-17(2,3)4/h6-9,12,14H,10-11H2,1-5H3/t12-,14-/m1/s1. The molecule has 1 aromatic rings. The van der Waals surface area contributed by atoms with Crippen molar-refractivity contribution in [3.63, 3.8) is 0 Å². The third kappa shape index (κ3) is 4.37. The van der Waals surface area contributed by atoms with Gasteiger partial charge in [0.25, 0.3) is 0 Å².